The zero-order valence-corrected chi connectivity index (χ0v) is 13.9. The van der Waals surface area contributed by atoms with Gasteiger partial charge >= 0.3 is 0 Å². The van der Waals surface area contributed by atoms with Crippen molar-refractivity contribution in [2.45, 2.75) is 39.5 Å². The van der Waals surface area contributed by atoms with E-state index in [4.69, 9.17) is 11.6 Å². The summed E-state index contributed by atoms with van der Waals surface area (Å²) in [5.41, 5.74) is 1.76. The van der Waals surface area contributed by atoms with Gasteiger partial charge in [0.25, 0.3) is 0 Å². The number of halogens is 1. The molecule has 0 atom stereocenters. The number of benzene rings is 1. The van der Waals surface area contributed by atoms with Crippen LogP contribution in [0.1, 0.15) is 38.2 Å². The molecule has 1 N–H and O–H groups in total. The summed E-state index contributed by atoms with van der Waals surface area (Å²) in [6, 6.07) is 5.48. The van der Waals surface area contributed by atoms with Crippen LogP contribution in [0.25, 0.3) is 0 Å². The van der Waals surface area contributed by atoms with Crippen molar-refractivity contribution in [3.8, 4) is 0 Å². The van der Waals surface area contributed by atoms with E-state index in [0.717, 1.165) is 30.5 Å². The van der Waals surface area contributed by atoms with Gasteiger partial charge in [-0.15, -0.1) is 0 Å². The Labute approximate surface area is 136 Å². The minimum atomic E-state index is -0.0379. The van der Waals surface area contributed by atoms with Crippen LogP contribution in [-0.4, -0.2) is 29.8 Å². The van der Waals surface area contributed by atoms with Crippen LogP contribution < -0.4 is 5.32 Å². The molecule has 0 saturated carbocycles. The van der Waals surface area contributed by atoms with Crippen LogP contribution >= 0.6 is 11.6 Å². The highest BCUT2D eigenvalue weighted by atomic mass is 35.5. The molecule has 0 aliphatic carbocycles. The third-order valence-electron chi connectivity index (χ3n) is 4.14. The van der Waals surface area contributed by atoms with Crippen molar-refractivity contribution >= 4 is 29.1 Å². The Morgan fingerprint density at radius 3 is 2.64 bits per heavy atom. The smallest absolute Gasteiger partial charge is 0.227 e. The standard InChI is InChI=1S/C17H23ClN2O2/c1-3-4-16(21)20-9-7-13(8-10-20)17(22)19-15-11-14(18)6-5-12(15)2/h5-6,11,13H,3-4,7-10H2,1-2H3,(H,19,22). The maximum Gasteiger partial charge on any atom is 0.227 e. The summed E-state index contributed by atoms with van der Waals surface area (Å²) in [6.07, 6.45) is 2.91. The predicted octanol–water partition coefficient (Wildman–Crippen LogP) is 3.63. The molecule has 4 nitrogen and oxygen atoms in total. The molecule has 5 heteroatoms. The topological polar surface area (TPSA) is 49.4 Å². The van der Waals surface area contributed by atoms with Crippen molar-refractivity contribution in [2.75, 3.05) is 18.4 Å². The highest BCUT2D eigenvalue weighted by molar-refractivity contribution is 6.31. The van der Waals surface area contributed by atoms with E-state index >= 15 is 0 Å². The second-order valence-corrected chi connectivity index (χ2v) is 6.29. The van der Waals surface area contributed by atoms with Gasteiger partial charge in [0, 0.05) is 36.1 Å². The van der Waals surface area contributed by atoms with Crippen molar-refractivity contribution in [1.29, 1.82) is 0 Å². The summed E-state index contributed by atoms with van der Waals surface area (Å²) < 4.78 is 0. The summed E-state index contributed by atoms with van der Waals surface area (Å²) in [5, 5.41) is 3.58. The molecule has 1 saturated heterocycles. The van der Waals surface area contributed by atoms with E-state index in [2.05, 4.69) is 5.32 Å². The molecule has 22 heavy (non-hydrogen) atoms. The third kappa shape index (κ3) is 4.23. The summed E-state index contributed by atoms with van der Waals surface area (Å²) in [7, 11) is 0. The number of carbonyl (C=O) groups excluding carboxylic acids is 2. The van der Waals surface area contributed by atoms with E-state index in [1.807, 2.05) is 30.9 Å². The molecular weight excluding hydrogens is 300 g/mol. The van der Waals surface area contributed by atoms with E-state index in [9.17, 15) is 9.59 Å². The molecule has 1 fully saturated rings. The number of hydrogen-bond acceptors (Lipinski definition) is 2. The van der Waals surface area contributed by atoms with Gasteiger partial charge in [0.2, 0.25) is 11.8 Å². The third-order valence-corrected chi connectivity index (χ3v) is 4.37. The first kappa shape index (κ1) is 16.8. The van der Waals surface area contributed by atoms with Gasteiger partial charge in [-0.2, -0.15) is 0 Å². The number of anilines is 1. The lowest BCUT2D eigenvalue weighted by molar-refractivity contribution is -0.134. The van der Waals surface area contributed by atoms with Crippen LogP contribution in [-0.2, 0) is 9.59 Å². The molecule has 0 unspecified atom stereocenters. The quantitative estimate of drug-likeness (QED) is 0.920. The van der Waals surface area contributed by atoms with Gasteiger partial charge in [0.15, 0.2) is 0 Å². The Kier molecular flexibility index (Phi) is 5.83. The van der Waals surface area contributed by atoms with Crippen LogP contribution in [0.3, 0.4) is 0 Å². The highest BCUT2D eigenvalue weighted by Crippen LogP contribution is 2.24. The second kappa shape index (κ2) is 7.63. The summed E-state index contributed by atoms with van der Waals surface area (Å²) in [6.45, 7) is 5.29. The minimum Gasteiger partial charge on any atom is -0.343 e. The largest absolute Gasteiger partial charge is 0.343 e. The van der Waals surface area contributed by atoms with Crippen molar-refractivity contribution in [3.05, 3.63) is 28.8 Å². The number of amides is 2. The van der Waals surface area contributed by atoms with Crippen molar-refractivity contribution in [2.24, 2.45) is 5.92 Å². The van der Waals surface area contributed by atoms with Crippen molar-refractivity contribution < 1.29 is 9.59 Å². The zero-order chi connectivity index (χ0) is 16.1. The lowest BCUT2D eigenvalue weighted by Crippen LogP contribution is -2.41. The van der Waals surface area contributed by atoms with Gasteiger partial charge in [-0.25, -0.2) is 0 Å². The normalized spacial score (nSPS) is 15.7. The van der Waals surface area contributed by atoms with Crippen LogP contribution in [0.4, 0.5) is 5.69 Å². The van der Waals surface area contributed by atoms with Crippen molar-refractivity contribution in [1.82, 2.24) is 4.90 Å². The second-order valence-electron chi connectivity index (χ2n) is 5.85. The first-order valence-corrected chi connectivity index (χ1v) is 8.24. The fourth-order valence-corrected chi connectivity index (χ4v) is 2.90. The number of piperidine rings is 1. The molecule has 120 valence electrons. The number of aryl methyl sites for hydroxylation is 1. The Morgan fingerprint density at radius 2 is 2.00 bits per heavy atom. The molecule has 1 aromatic carbocycles. The molecular formula is C17H23ClN2O2. The summed E-state index contributed by atoms with van der Waals surface area (Å²) >= 11 is 5.97. The Bertz CT molecular complexity index is 552. The van der Waals surface area contributed by atoms with E-state index in [1.165, 1.54) is 0 Å². The van der Waals surface area contributed by atoms with Gasteiger partial charge in [0.05, 0.1) is 0 Å². The number of likely N-dealkylation sites (tertiary alicyclic amines) is 1. The fourth-order valence-electron chi connectivity index (χ4n) is 2.73. The minimum absolute atomic E-state index is 0.0213. The molecule has 1 aliphatic rings. The summed E-state index contributed by atoms with van der Waals surface area (Å²) in [5.74, 6) is 0.184. The Morgan fingerprint density at radius 1 is 1.32 bits per heavy atom. The number of hydrogen-bond donors (Lipinski definition) is 1. The van der Waals surface area contributed by atoms with E-state index in [0.29, 0.717) is 24.5 Å². The molecule has 0 aromatic heterocycles. The monoisotopic (exact) mass is 322 g/mol. The van der Waals surface area contributed by atoms with E-state index < -0.39 is 0 Å². The highest BCUT2D eigenvalue weighted by Gasteiger charge is 2.27. The molecule has 1 heterocycles. The SMILES string of the molecule is CCCC(=O)N1CCC(C(=O)Nc2cc(Cl)ccc2C)CC1. The zero-order valence-electron chi connectivity index (χ0n) is 13.2. The Balaban J connectivity index is 1.90. The van der Waals surface area contributed by atoms with Crippen LogP contribution in [0.5, 0.6) is 0 Å². The molecule has 0 radical (unpaired) electrons. The van der Waals surface area contributed by atoms with Crippen LogP contribution in [0.2, 0.25) is 5.02 Å². The molecule has 1 aliphatic heterocycles. The van der Waals surface area contributed by atoms with Crippen LogP contribution in [0, 0.1) is 12.8 Å². The predicted molar refractivity (Wildman–Crippen MR) is 89.0 cm³/mol. The number of rotatable bonds is 4. The van der Waals surface area contributed by atoms with Gasteiger partial charge in [-0.3, -0.25) is 9.59 Å². The molecule has 2 rings (SSSR count). The first-order valence-electron chi connectivity index (χ1n) is 7.86. The Hall–Kier alpha value is -1.55. The van der Waals surface area contributed by atoms with Crippen molar-refractivity contribution in [3.63, 3.8) is 0 Å². The number of nitrogens with zero attached hydrogens (tertiary/aromatic N) is 1. The molecule has 1 aromatic rings. The fraction of sp³-hybridized carbons (Fsp3) is 0.529. The van der Waals surface area contributed by atoms with E-state index in [1.54, 1.807) is 6.07 Å². The maximum atomic E-state index is 12.4. The van der Waals surface area contributed by atoms with Crippen LogP contribution in [0.15, 0.2) is 18.2 Å². The van der Waals surface area contributed by atoms with Gasteiger partial charge < -0.3 is 10.2 Å². The maximum absolute atomic E-state index is 12.4. The van der Waals surface area contributed by atoms with Gasteiger partial charge in [-0.05, 0) is 43.9 Å². The average molecular weight is 323 g/mol. The molecule has 2 amide bonds. The first-order chi connectivity index (χ1) is 10.5. The number of carbonyl (C=O) groups is 2. The average Bonchev–Trinajstić information content (AvgIpc) is 2.51. The lowest BCUT2D eigenvalue weighted by Gasteiger charge is -2.31. The lowest BCUT2D eigenvalue weighted by atomic mass is 9.95. The molecule has 0 bridgehead atoms. The van der Waals surface area contributed by atoms with Gasteiger partial charge in [0.1, 0.15) is 0 Å². The van der Waals surface area contributed by atoms with E-state index in [-0.39, 0.29) is 17.7 Å². The number of nitrogens with one attached hydrogen (secondary N) is 1. The molecule has 0 spiro atoms. The van der Waals surface area contributed by atoms with Gasteiger partial charge in [-0.1, -0.05) is 24.6 Å². The summed E-state index contributed by atoms with van der Waals surface area (Å²) in [4.78, 5) is 26.1.